The Morgan fingerprint density at radius 1 is 1.22 bits per heavy atom. The van der Waals surface area contributed by atoms with Crippen LogP contribution in [0.1, 0.15) is 59.3 Å². The summed E-state index contributed by atoms with van der Waals surface area (Å²) in [5.41, 5.74) is 5.89. The van der Waals surface area contributed by atoms with Crippen molar-refractivity contribution in [2.45, 2.75) is 59.3 Å². The van der Waals surface area contributed by atoms with E-state index >= 15 is 0 Å². The quantitative estimate of drug-likeness (QED) is 0.753. The summed E-state index contributed by atoms with van der Waals surface area (Å²) in [6.45, 7) is 11.7. The average molecular weight is 254 g/mol. The SMILES string of the molecule is CCC1CCCN(CCC(CN)CC(C)C)CC1. The summed E-state index contributed by atoms with van der Waals surface area (Å²) in [4.78, 5) is 2.68. The lowest BCUT2D eigenvalue weighted by molar-refractivity contribution is 0.247. The minimum absolute atomic E-state index is 0.732. The summed E-state index contributed by atoms with van der Waals surface area (Å²) in [7, 11) is 0. The minimum atomic E-state index is 0.732. The van der Waals surface area contributed by atoms with Gasteiger partial charge in [0.25, 0.3) is 0 Å². The molecule has 108 valence electrons. The Balaban J connectivity index is 2.25. The van der Waals surface area contributed by atoms with Crippen molar-refractivity contribution in [2.24, 2.45) is 23.5 Å². The van der Waals surface area contributed by atoms with Gasteiger partial charge in [0.15, 0.2) is 0 Å². The maximum absolute atomic E-state index is 5.89. The Hall–Kier alpha value is -0.0800. The van der Waals surface area contributed by atoms with Crippen molar-refractivity contribution in [3.8, 4) is 0 Å². The largest absolute Gasteiger partial charge is 0.330 e. The molecule has 1 rings (SSSR count). The van der Waals surface area contributed by atoms with E-state index in [0.29, 0.717) is 0 Å². The van der Waals surface area contributed by atoms with Crippen molar-refractivity contribution in [1.29, 1.82) is 0 Å². The first-order chi connectivity index (χ1) is 8.65. The van der Waals surface area contributed by atoms with Crippen LogP contribution in [0.2, 0.25) is 0 Å². The van der Waals surface area contributed by atoms with Crippen molar-refractivity contribution in [2.75, 3.05) is 26.2 Å². The van der Waals surface area contributed by atoms with Gasteiger partial charge in [-0.15, -0.1) is 0 Å². The van der Waals surface area contributed by atoms with Gasteiger partial charge in [0.2, 0.25) is 0 Å². The number of likely N-dealkylation sites (tertiary alicyclic amines) is 1. The van der Waals surface area contributed by atoms with Crippen molar-refractivity contribution in [1.82, 2.24) is 4.90 Å². The van der Waals surface area contributed by atoms with Gasteiger partial charge in [0.1, 0.15) is 0 Å². The van der Waals surface area contributed by atoms with Crippen molar-refractivity contribution in [3.05, 3.63) is 0 Å². The first-order valence-electron chi connectivity index (χ1n) is 8.08. The number of nitrogens with two attached hydrogens (primary N) is 1. The zero-order valence-electron chi connectivity index (χ0n) is 12.8. The number of hydrogen-bond acceptors (Lipinski definition) is 2. The van der Waals surface area contributed by atoms with E-state index in [9.17, 15) is 0 Å². The predicted octanol–water partition coefficient (Wildman–Crippen LogP) is 3.51. The van der Waals surface area contributed by atoms with Gasteiger partial charge < -0.3 is 10.6 Å². The molecule has 0 bridgehead atoms. The van der Waals surface area contributed by atoms with Crippen LogP contribution in [0.15, 0.2) is 0 Å². The van der Waals surface area contributed by atoms with Crippen LogP contribution in [0.4, 0.5) is 0 Å². The van der Waals surface area contributed by atoms with E-state index in [2.05, 4.69) is 25.7 Å². The molecule has 0 aromatic rings. The maximum atomic E-state index is 5.89. The number of rotatable bonds is 7. The molecule has 1 fully saturated rings. The van der Waals surface area contributed by atoms with E-state index in [1.165, 1.54) is 58.2 Å². The monoisotopic (exact) mass is 254 g/mol. The molecular weight excluding hydrogens is 220 g/mol. The van der Waals surface area contributed by atoms with E-state index in [4.69, 9.17) is 5.73 Å². The molecule has 0 aromatic heterocycles. The molecular formula is C16H34N2. The number of hydrogen-bond donors (Lipinski definition) is 1. The molecule has 1 aliphatic rings. The molecule has 1 saturated heterocycles. The Kier molecular flexibility index (Phi) is 7.92. The van der Waals surface area contributed by atoms with Crippen molar-refractivity contribution >= 4 is 0 Å². The van der Waals surface area contributed by atoms with Gasteiger partial charge in [-0.3, -0.25) is 0 Å². The van der Waals surface area contributed by atoms with Crippen LogP contribution in [0.5, 0.6) is 0 Å². The molecule has 0 saturated carbocycles. The molecule has 0 spiro atoms. The van der Waals surface area contributed by atoms with Crippen molar-refractivity contribution in [3.63, 3.8) is 0 Å². The highest BCUT2D eigenvalue weighted by Crippen LogP contribution is 2.21. The Bertz CT molecular complexity index is 203. The molecule has 1 aliphatic heterocycles. The standard InChI is InChI=1S/C16H34N2/c1-4-15-6-5-9-18(10-7-15)11-8-16(13-17)12-14(2)3/h14-16H,4-13,17H2,1-3H3. The predicted molar refractivity (Wildman–Crippen MR) is 80.7 cm³/mol. The van der Waals surface area contributed by atoms with E-state index in [0.717, 1.165) is 24.3 Å². The second-order valence-electron chi connectivity index (χ2n) is 6.57. The number of nitrogens with zero attached hydrogens (tertiary/aromatic N) is 1. The third-order valence-corrected chi connectivity index (χ3v) is 4.51. The molecule has 0 aromatic carbocycles. The molecule has 1 heterocycles. The maximum Gasteiger partial charge on any atom is -0.00156 e. The lowest BCUT2D eigenvalue weighted by Crippen LogP contribution is -2.29. The summed E-state index contributed by atoms with van der Waals surface area (Å²) >= 11 is 0. The van der Waals surface area contributed by atoms with E-state index in [1.807, 2.05) is 0 Å². The highest BCUT2D eigenvalue weighted by molar-refractivity contribution is 4.71. The van der Waals surface area contributed by atoms with Gasteiger partial charge in [0.05, 0.1) is 0 Å². The third-order valence-electron chi connectivity index (χ3n) is 4.51. The molecule has 0 radical (unpaired) electrons. The summed E-state index contributed by atoms with van der Waals surface area (Å²) in [5.74, 6) is 2.50. The van der Waals surface area contributed by atoms with E-state index in [1.54, 1.807) is 0 Å². The summed E-state index contributed by atoms with van der Waals surface area (Å²) in [5, 5.41) is 0. The van der Waals surface area contributed by atoms with E-state index < -0.39 is 0 Å². The zero-order chi connectivity index (χ0) is 13.4. The summed E-state index contributed by atoms with van der Waals surface area (Å²) < 4.78 is 0. The second-order valence-corrected chi connectivity index (χ2v) is 6.57. The highest BCUT2D eigenvalue weighted by atomic mass is 15.1. The molecule has 2 atom stereocenters. The molecule has 0 aliphatic carbocycles. The molecule has 18 heavy (non-hydrogen) atoms. The Morgan fingerprint density at radius 2 is 2.00 bits per heavy atom. The van der Waals surface area contributed by atoms with Crippen LogP contribution in [-0.2, 0) is 0 Å². The van der Waals surface area contributed by atoms with Gasteiger partial charge in [0, 0.05) is 0 Å². The van der Waals surface area contributed by atoms with Crippen molar-refractivity contribution < 1.29 is 0 Å². The molecule has 2 N–H and O–H groups in total. The van der Waals surface area contributed by atoms with Gasteiger partial charge in [-0.1, -0.05) is 27.2 Å². The van der Waals surface area contributed by atoms with Gasteiger partial charge in [-0.25, -0.2) is 0 Å². The smallest absolute Gasteiger partial charge is 0.00156 e. The fraction of sp³-hybridized carbons (Fsp3) is 1.00. The van der Waals surface area contributed by atoms with Crippen LogP contribution in [0.25, 0.3) is 0 Å². The molecule has 2 unspecified atom stereocenters. The fourth-order valence-corrected chi connectivity index (χ4v) is 3.22. The lowest BCUT2D eigenvalue weighted by atomic mass is 9.94. The van der Waals surface area contributed by atoms with E-state index in [-0.39, 0.29) is 0 Å². The first-order valence-corrected chi connectivity index (χ1v) is 8.08. The third kappa shape index (κ3) is 6.19. The molecule has 2 nitrogen and oxygen atoms in total. The van der Waals surface area contributed by atoms with Crippen LogP contribution in [0.3, 0.4) is 0 Å². The minimum Gasteiger partial charge on any atom is -0.330 e. The zero-order valence-corrected chi connectivity index (χ0v) is 12.8. The fourth-order valence-electron chi connectivity index (χ4n) is 3.22. The first kappa shape index (κ1) is 16.0. The van der Waals surface area contributed by atoms with Crippen LogP contribution < -0.4 is 5.73 Å². The lowest BCUT2D eigenvalue weighted by Gasteiger charge is -2.24. The molecule has 2 heteroatoms. The summed E-state index contributed by atoms with van der Waals surface area (Å²) in [6, 6.07) is 0. The second kappa shape index (κ2) is 8.92. The summed E-state index contributed by atoms with van der Waals surface area (Å²) in [6.07, 6.45) is 8.21. The Labute approximate surface area is 114 Å². The van der Waals surface area contributed by atoms with Crippen LogP contribution >= 0.6 is 0 Å². The topological polar surface area (TPSA) is 29.3 Å². The van der Waals surface area contributed by atoms with Gasteiger partial charge in [-0.05, 0) is 76.0 Å². The van der Waals surface area contributed by atoms with Crippen LogP contribution in [0, 0.1) is 17.8 Å². The van der Waals surface area contributed by atoms with Gasteiger partial charge >= 0.3 is 0 Å². The molecule has 0 amide bonds. The van der Waals surface area contributed by atoms with Gasteiger partial charge in [-0.2, -0.15) is 0 Å². The Morgan fingerprint density at radius 3 is 2.61 bits per heavy atom. The normalized spacial score (nSPS) is 24.2. The highest BCUT2D eigenvalue weighted by Gasteiger charge is 2.17. The average Bonchev–Trinajstić information content (AvgIpc) is 2.59. The van der Waals surface area contributed by atoms with Crippen LogP contribution in [-0.4, -0.2) is 31.1 Å².